The molecular formula is C16H28N2O. The smallest absolute Gasteiger partial charge is 0.118 e. The molecule has 1 aromatic rings. The number of nitrogens with zero attached hydrogens (tertiary/aromatic N) is 1. The van der Waals surface area contributed by atoms with Crippen LogP contribution in [0.1, 0.15) is 51.6 Å². The van der Waals surface area contributed by atoms with Gasteiger partial charge in [0.1, 0.15) is 11.5 Å². The maximum absolute atomic E-state index is 5.88. The van der Waals surface area contributed by atoms with Crippen LogP contribution in [0.3, 0.4) is 0 Å². The van der Waals surface area contributed by atoms with E-state index in [1.165, 1.54) is 32.4 Å². The van der Waals surface area contributed by atoms with Crippen molar-refractivity contribution in [1.29, 1.82) is 0 Å². The Bertz CT molecular complexity index is 384. The van der Waals surface area contributed by atoms with Crippen molar-refractivity contribution in [3.8, 4) is 0 Å². The van der Waals surface area contributed by atoms with Gasteiger partial charge in [-0.25, -0.2) is 0 Å². The molecule has 0 bridgehead atoms. The van der Waals surface area contributed by atoms with Crippen molar-refractivity contribution in [2.45, 2.75) is 53.1 Å². The van der Waals surface area contributed by atoms with Crippen LogP contribution < -0.4 is 5.32 Å². The molecule has 1 aliphatic heterocycles. The zero-order valence-electron chi connectivity index (χ0n) is 12.7. The first-order chi connectivity index (χ1) is 9.09. The zero-order valence-corrected chi connectivity index (χ0v) is 12.7. The first kappa shape index (κ1) is 14.6. The van der Waals surface area contributed by atoms with E-state index in [4.69, 9.17) is 4.42 Å². The van der Waals surface area contributed by atoms with Crippen LogP contribution in [-0.2, 0) is 13.1 Å². The summed E-state index contributed by atoms with van der Waals surface area (Å²) >= 11 is 0. The van der Waals surface area contributed by atoms with E-state index in [2.05, 4.69) is 43.1 Å². The Balaban J connectivity index is 1.85. The molecule has 0 saturated carbocycles. The molecule has 0 aliphatic carbocycles. The van der Waals surface area contributed by atoms with E-state index in [0.717, 1.165) is 31.2 Å². The summed E-state index contributed by atoms with van der Waals surface area (Å²) in [6.07, 6.45) is 3.93. The molecule has 1 aliphatic rings. The molecular weight excluding hydrogens is 236 g/mol. The minimum atomic E-state index is 0.508. The lowest BCUT2D eigenvalue weighted by atomic mass is 9.85. The fourth-order valence-corrected chi connectivity index (χ4v) is 2.71. The summed E-state index contributed by atoms with van der Waals surface area (Å²) in [6.45, 7) is 12.1. The Labute approximate surface area is 117 Å². The van der Waals surface area contributed by atoms with Gasteiger partial charge in [-0.3, -0.25) is 4.90 Å². The molecule has 19 heavy (non-hydrogen) atoms. The fraction of sp³-hybridized carbons (Fsp3) is 0.750. The second-order valence-corrected chi connectivity index (χ2v) is 6.44. The van der Waals surface area contributed by atoms with Crippen molar-refractivity contribution in [2.24, 2.45) is 5.41 Å². The van der Waals surface area contributed by atoms with Gasteiger partial charge in [0.15, 0.2) is 0 Å². The normalized spacial score (nSPS) is 20.4. The molecule has 2 heterocycles. The molecule has 0 atom stereocenters. The number of hydrogen-bond acceptors (Lipinski definition) is 3. The van der Waals surface area contributed by atoms with Gasteiger partial charge in [0.25, 0.3) is 0 Å². The molecule has 1 N–H and O–H groups in total. The summed E-state index contributed by atoms with van der Waals surface area (Å²) < 4.78 is 5.88. The summed E-state index contributed by atoms with van der Waals surface area (Å²) in [7, 11) is 0. The summed E-state index contributed by atoms with van der Waals surface area (Å²) in [4.78, 5) is 2.53. The Kier molecular flexibility index (Phi) is 5.06. The van der Waals surface area contributed by atoms with Crippen molar-refractivity contribution in [3.63, 3.8) is 0 Å². The van der Waals surface area contributed by atoms with Crippen LogP contribution in [0.4, 0.5) is 0 Å². The van der Waals surface area contributed by atoms with Crippen LogP contribution in [0.25, 0.3) is 0 Å². The fourth-order valence-electron chi connectivity index (χ4n) is 2.71. The van der Waals surface area contributed by atoms with E-state index < -0.39 is 0 Å². The first-order valence-electron chi connectivity index (χ1n) is 7.60. The molecule has 0 spiro atoms. The Morgan fingerprint density at radius 3 is 2.79 bits per heavy atom. The highest BCUT2D eigenvalue weighted by Crippen LogP contribution is 2.30. The van der Waals surface area contributed by atoms with E-state index >= 15 is 0 Å². The van der Waals surface area contributed by atoms with Crippen LogP contribution in [0, 0.1) is 5.41 Å². The molecule has 2 rings (SSSR count). The second kappa shape index (κ2) is 6.58. The molecule has 0 amide bonds. The largest absolute Gasteiger partial charge is 0.463 e. The molecule has 1 aromatic heterocycles. The van der Waals surface area contributed by atoms with Gasteiger partial charge < -0.3 is 9.73 Å². The standard InChI is InChI=1S/C16H28N2O/c1-4-17-12-14-6-7-15(19-14)13-18-10-5-8-16(2,3)9-11-18/h6-7,17H,4-5,8-13H2,1-3H3. The van der Waals surface area contributed by atoms with Crippen molar-refractivity contribution >= 4 is 0 Å². The highest BCUT2D eigenvalue weighted by Gasteiger charge is 2.23. The lowest BCUT2D eigenvalue weighted by molar-refractivity contribution is 0.236. The molecule has 0 unspecified atom stereocenters. The monoisotopic (exact) mass is 264 g/mol. The van der Waals surface area contributed by atoms with Crippen molar-refractivity contribution in [1.82, 2.24) is 10.2 Å². The van der Waals surface area contributed by atoms with Crippen molar-refractivity contribution in [2.75, 3.05) is 19.6 Å². The van der Waals surface area contributed by atoms with E-state index in [-0.39, 0.29) is 0 Å². The van der Waals surface area contributed by atoms with Gasteiger partial charge in [0.05, 0.1) is 13.1 Å². The number of likely N-dealkylation sites (tertiary alicyclic amines) is 1. The molecule has 0 radical (unpaired) electrons. The van der Waals surface area contributed by atoms with E-state index in [0.29, 0.717) is 5.41 Å². The number of rotatable bonds is 5. The van der Waals surface area contributed by atoms with Gasteiger partial charge in [-0.2, -0.15) is 0 Å². The highest BCUT2D eigenvalue weighted by atomic mass is 16.3. The average molecular weight is 264 g/mol. The summed E-state index contributed by atoms with van der Waals surface area (Å²) in [5, 5.41) is 3.29. The van der Waals surface area contributed by atoms with E-state index in [9.17, 15) is 0 Å². The zero-order chi connectivity index (χ0) is 13.7. The summed E-state index contributed by atoms with van der Waals surface area (Å²) in [5.41, 5.74) is 0.508. The predicted octanol–water partition coefficient (Wildman–Crippen LogP) is 3.40. The van der Waals surface area contributed by atoms with Gasteiger partial charge in [-0.15, -0.1) is 0 Å². The quantitative estimate of drug-likeness (QED) is 0.883. The number of hydrogen-bond donors (Lipinski definition) is 1. The van der Waals surface area contributed by atoms with Crippen LogP contribution in [0.2, 0.25) is 0 Å². The van der Waals surface area contributed by atoms with Gasteiger partial charge in [-0.05, 0) is 56.4 Å². The first-order valence-corrected chi connectivity index (χ1v) is 7.60. The molecule has 1 fully saturated rings. The molecule has 3 nitrogen and oxygen atoms in total. The third-order valence-electron chi connectivity index (χ3n) is 4.08. The van der Waals surface area contributed by atoms with E-state index in [1.54, 1.807) is 0 Å². The molecule has 3 heteroatoms. The molecule has 1 saturated heterocycles. The van der Waals surface area contributed by atoms with Gasteiger partial charge in [0.2, 0.25) is 0 Å². The SMILES string of the molecule is CCNCc1ccc(CN2CCCC(C)(C)CC2)o1. The second-order valence-electron chi connectivity index (χ2n) is 6.44. The Hall–Kier alpha value is -0.800. The summed E-state index contributed by atoms with van der Waals surface area (Å²) in [5.74, 6) is 2.15. The molecule has 108 valence electrons. The van der Waals surface area contributed by atoms with E-state index in [1.807, 2.05) is 0 Å². The third kappa shape index (κ3) is 4.66. The minimum absolute atomic E-state index is 0.508. The van der Waals surface area contributed by atoms with Gasteiger partial charge in [-0.1, -0.05) is 20.8 Å². The number of nitrogens with one attached hydrogen (secondary N) is 1. The van der Waals surface area contributed by atoms with Gasteiger partial charge in [0, 0.05) is 0 Å². The van der Waals surface area contributed by atoms with Crippen LogP contribution in [0.5, 0.6) is 0 Å². The van der Waals surface area contributed by atoms with Crippen LogP contribution >= 0.6 is 0 Å². The molecule has 0 aromatic carbocycles. The van der Waals surface area contributed by atoms with Crippen molar-refractivity contribution in [3.05, 3.63) is 23.7 Å². The van der Waals surface area contributed by atoms with Gasteiger partial charge >= 0.3 is 0 Å². The lowest BCUT2D eigenvalue weighted by Crippen LogP contribution is -2.24. The van der Waals surface area contributed by atoms with Crippen LogP contribution in [0.15, 0.2) is 16.5 Å². The highest BCUT2D eigenvalue weighted by molar-refractivity contribution is 5.07. The maximum atomic E-state index is 5.88. The predicted molar refractivity (Wildman–Crippen MR) is 79.0 cm³/mol. The van der Waals surface area contributed by atoms with Crippen molar-refractivity contribution < 1.29 is 4.42 Å². The average Bonchev–Trinajstić information content (AvgIpc) is 2.73. The maximum Gasteiger partial charge on any atom is 0.118 e. The topological polar surface area (TPSA) is 28.4 Å². The lowest BCUT2D eigenvalue weighted by Gasteiger charge is -2.22. The third-order valence-corrected chi connectivity index (χ3v) is 4.08. The minimum Gasteiger partial charge on any atom is -0.463 e. The Morgan fingerprint density at radius 2 is 2.00 bits per heavy atom. The van der Waals surface area contributed by atoms with Crippen LogP contribution in [-0.4, -0.2) is 24.5 Å². The summed E-state index contributed by atoms with van der Waals surface area (Å²) in [6, 6.07) is 4.22. The number of furan rings is 1. The Morgan fingerprint density at radius 1 is 1.21 bits per heavy atom.